The zero-order chi connectivity index (χ0) is 19.3. The van der Waals surface area contributed by atoms with Gasteiger partial charge in [0.1, 0.15) is 0 Å². The van der Waals surface area contributed by atoms with Gasteiger partial charge in [0.05, 0.1) is 24.7 Å². The SMILES string of the molecule is CC(C)Cc1noc(CSc2nnc(N3CCOCC3)n2-c2ccccc2)n1. The minimum absolute atomic E-state index is 0.496. The van der Waals surface area contributed by atoms with E-state index in [-0.39, 0.29) is 0 Å². The molecule has 28 heavy (non-hydrogen) atoms. The van der Waals surface area contributed by atoms with E-state index in [0.717, 1.165) is 42.1 Å². The van der Waals surface area contributed by atoms with E-state index in [1.54, 1.807) is 11.8 Å². The first-order valence-corrected chi connectivity index (χ1v) is 10.5. The van der Waals surface area contributed by atoms with E-state index in [1.807, 2.05) is 18.2 Å². The van der Waals surface area contributed by atoms with Crippen molar-refractivity contribution in [1.29, 1.82) is 0 Å². The van der Waals surface area contributed by atoms with Crippen molar-refractivity contribution in [2.75, 3.05) is 31.2 Å². The third-order valence-corrected chi connectivity index (χ3v) is 5.26. The Balaban J connectivity index is 1.56. The molecule has 1 aromatic carbocycles. The first-order chi connectivity index (χ1) is 13.7. The summed E-state index contributed by atoms with van der Waals surface area (Å²) in [4.78, 5) is 6.69. The van der Waals surface area contributed by atoms with Crippen molar-refractivity contribution >= 4 is 17.7 Å². The van der Waals surface area contributed by atoms with Crippen molar-refractivity contribution in [1.82, 2.24) is 24.9 Å². The number of para-hydroxylation sites is 1. The lowest BCUT2D eigenvalue weighted by atomic mass is 10.1. The normalized spacial score (nSPS) is 14.8. The number of hydrogen-bond acceptors (Lipinski definition) is 8. The van der Waals surface area contributed by atoms with Gasteiger partial charge in [0.25, 0.3) is 0 Å². The molecule has 1 aliphatic heterocycles. The molecule has 8 nitrogen and oxygen atoms in total. The van der Waals surface area contributed by atoms with Crippen LogP contribution in [0.15, 0.2) is 40.0 Å². The molecule has 3 heterocycles. The van der Waals surface area contributed by atoms with Gasteiger partial charge in [0.2, 0.25) is 11.8 Å². The van der Waals surface area contributed by atoms with Gasteiger partial charge in [-0.25, -0.2) is 0 Å². The van der Waals surface area contributed by atoms with Crippen molar-refractivity contribution in [2.45, 2.75) is 31.2 Å². The molecular weight excluding hydrogens is 376 g/mol. The van der Waals surface area contributed by atoms with Crippen LogP contribution in [0.3, 0.4) is 0 Å². The van der Waals surface area contributed by atoms with E-state index in [1.165, 1.54) is 0 Å². The van der Waals surface area contributed by atoms with Gasteiger partial charge in [-0.1, -0.05) is 49.0 Å². The Bertz CT molecular complexity index is 889. The van der Waals surface area contributed by atoms with Crippen molar-refractivity contribution in [3.8, 4) is 5.69 Å². The Morgan fingerprint density at radius 1 is 1.11 bits per heavy atom. The van der Waals surface area contributed by atoms with Crippen LogP contribution in [0.1, 0.15) is 25.6 Å². The average molecular weight is 401 g/mol. The molecule has 0 spiro atoms. The van der Waals surface area contributed by atoms with Gasteiger partial charge >= 0.3 is 0 Å². The first kappa shape index (κ1) is 18.9. The van der Waals surface area contributed by atoms with Crippen LogP contribution < -0.4 is 4.90 Å². The third-order valence-electron chi connectivity index (χ3n) is 4.35. The summed E-state index contributed by atoms with van der Waals surface area (Å²) < 4.78 is 13.0. The number of hydrogen-bond donors (Lipinski definition) is 0. The Labute approximate surface area is 168 Å². The Morgan fingerprint density at radius 2 is 1.89 bits per heavy atom. The highest BCUT2D eigenvalue weighted by Gasteiger charge is 2.22. The molecule has 1 aliphatic rings. The van der Waals surface area contributed by atoms with Gasteiger partial charge in [-0.05, 0) is 18.1 Å². The molecule has 0 saturated carbocycles. The van der Waals surface area contributed by atoms with Crippen LogP contribution in [0.5, 0.6) is 0 Å². The lowest BCUT2D eigenvalue weighted by Crippen LogP contribution is -2.37. The molecule has 148 valence electrons. The minimum Gasteiger partial charge on any atom is -0.378 e. The largest absolute Gasteiger partial charge is 0.378 e. The topological polar surface area (TPSA) is 82.1 Å². The van der Waals surface area contributed by atoms with Gasteiger partial charge in [0.15, 0.2) is 11.0 Å². The molecule has 0 bridgehead atoms. The maximum Gasteiger partial charge on any atom is 0.237 e. The summed E-state index contributed by atoms with van der Waals surface area (Å²) in [5, 5.41) is 13.8. The highest BCUT2D eigenvalue weighted by molar-refractivity contribution is 7.98. The smallest absolute Gasteiger partial charge is 0.237 e. The molecule has 0 radical (unpaired) electrons. The van der Waals surface area contributed by atoms with Crippen LogP contribution in [0.25, 0.3) is 5.69 Å². The molecule has 0 N–H and O–H groups in total. The predicted molar refractivity (Wildman–Crippen MR) is 107 cm³/mol. The zero-order valence-electron chi connectivity index (χ0n) is 16.1. The maximum atomic E-state index is 5.48. The van der Waals surface area contributed by atoms with Crippen LogP contribution in [0.2, 0.25) is 0 Å². The van der Waals surface area contributed by atoms with Gasteiger partial charge in [-0.2, -0.15) is 4.98 Å². The molecule has 1 saturated heterocycles. The second-order valence-electron chi connectivity index (χ2n) is 7.04. The quantitative estimate of drug-likeness (QED) is 0.560. The molecule has 0 amide bonds. The number of nitrogens with zero attached hydrogens (tertiary/aromatic N) is 6. The fourth-order valence-electron chi connectivity index (χ4n) is 3.05. The van der Waals surface area contributed by atoms with Gasteiger partial charge in [-0.15, -0.1) is 10.2 Å². The van der Waals surface area contributed by atoms with Crippen LogP contribution in [0.4, 0.5) is 5.95 Å². The number of ether oxygens (including phenoxy) is 1. The number of anilines is 1. The summed E-state index contributed by atoms with van der Waals surface area (Å²) in [6.45, 7) is 7.28. The highest BCUT2D eigenvalue weighted by Crippen LogP contribution is 2.28. The van der Waals surface area contributed by atoms with Crippen molar-refractivity contribution < 1.29 is 9.26 Å². The molecule has 0 aliphatic carbocycles. The minimum atomic E-state index is 0.496. The van der Waals surface area contributed by atoms with Gasteiger partial charge < -0.3 is 14.2 Å². The average Bonchev–Trinajstić information content (AvgIpc) is 3.34. The second kappa shape index (κ2) is 8.74. The number of morpholine rings is 1. The lowest BCUT2D eigenvalue weighted by Gasteiger charge is -2.27. The Kier molecular flexibility index (Phi) is 5.92. The molecule has 0 unspecified atom stereocenters. The molecule has 4 rings (SSSR count). The van der Waals surface area contributed by atoms with E-state index >= 15 is 0 Å². The Morgan fingerprint density at radius 3 is 2.64 bits per heavy atom. The predicted octanol–water partition coefficient (Wildman–Crippen LogP) is 2.98. The van der Waals surface area contributed by atoms with Crippen molar-refractivity contribution in [2.24, 2.45) is 5.92 Å². The summed E-state index contributed by atoms with van der Waals surface area (Å²) in [6, 6.07) is 10.2. The van der Waals surface area contributed by atoms with Crippen LogP contribution >= 0.6 is 11.8 Å². The lowest BCUT2D eigenvalue weighted by molar-refractivity contribution is 0.122. The summed E-state index contributed by atoms with van der Waals surface area (Å²) >= 11 is 1.55. The monoisotopic (exact) mass is 400 g/mol. The number of aromatic nitrogens is 5. The van der Waals surface area contributed by atoms with Crippen molar-refractivity contribution in [3.63, 3.8) is 0 Å². The zero-order valence-corrected chi connectivity index (χ0v) is 16.9. The summed E-state index contributed by atoms with van der Waals surface area (Å²) in [6.07, 6.45) is 0.815. The van der Waals surface area contributed by atoms with Gasteiger partial charge in [-0.3, -0.25) is 4.57 Å². The second-order valence-corrected chi connectivity index (χ2v) is 7.99. The Hall–Kier alpha value is -2.39. The molecule has 0 atom stereocenters. The summed E-state index contributed by atoms with van der Waals surface area (Å²) in [5.74, 6) is 3.25. The van der Waals surface area contributed by atoms with E-state index < -0.39 is 0 Å². The van der Waals surface area contributed by atoms with Crippen LogP contribution in [0, 0.1) is 5.92 Å². The van der Waals surface area contributed by atoms with E-state index in [2.05, 4.69) is 55.8 Å². The maximum absolute atomic E-state index is 5.48. The van der Waals surface area contributed by atoms with Crippen LogP contribution in [-0.2, 0) is 16.9 Å². The fraction of sp³-hybridized carbons (Fsp3) is 0.474. The summed E-state index contributed by atoms with van der Waals surface area (Å²) in [7, 11) is 0. The number of thioether (sulfide) groups is 1. The van der Waals surface area contributed by atoms with E-state index in [4.69, 9.17) is 9.26 Å². The molecule has 9 heteroatoms. The van der Waals surface area contributed by atoms with E-state index in [0.29, 0.717) is 30.8 Å². The van der Waals surface area contributed by atoms with Crippen molar-refractivity contribution in [3.05, 3.63) is 42.0 Å². The standard InChI is InChI=1S/C19H24N6O2S/c1-14(2)12-16-20-17(27-23-16)13-28-19-22-21-18(24-8-10-26-11-9-24)25(19)15-6-4-3-5-7-15/h3-7,14H,8-13H2,1-2H3. The van der Waals surface area contributed by atoms with E-state index in [9.17, 15) is 0 Å². The summed E-state index contributed by atoms with van der Waals surface area (Å²) in [5.41, 5.74) is 1.03. The van der Waals surface area contributed by atoms with Crippen LogP contribution in [-0.4, -0.2) is 51.2 Å². The highest BCUT2D eigenvalue weighted by atomic mass is 32.2. The number of benzene rings is 1. The molecule has 3 aromatic rings. The number of rotatable bonds is 7. The fourth-order valence-corrected chi connectivity index (χ4v) is 3.83. The molecule has 2 aromatic heterocycles. The first-order valence-electron chi connectivity index (χ1n) is 9.48. The third kappa shape index (κ3) is 4.36. The molecule has 1 fully saturated rings. The van der Waals surface area contributed by atoms with Gasteiger partial charge in [0, 0.05) is 19.5 Å². The molecular formula is C19H24N6O2S.